The summed E-state index contributed by atoms with van der Waals surface area (Å²) in [6.45, 7) is 8.03. The van der Waals surface area contributed by atoms with Crippen LogP contribution in [0, 0.1) is 0 Å². The van der Waals surface area contributed by atoms with Crippen LogP contribution in [-0.2, 0) is 4.74 Å². The number of carbonyl (C=O) groups excluding carboxylic acids is 1. The minimum absolute atomic E-state index is 0.165. The predicted octanol–water partition coefficient (Wildman–Crippen LogP) is 3.86. The van der Waals surface area contributed by atoms with Crippen LogP contribution in [0.25, 0.3) is 0 Å². The molecule has 0 radical (unpaired) electrons. The minimum atomic E-state index is -0.518. The first-order chi connectivity index (χ1) is 8.73. The Hall–Kier alpha value is -1.07. The van der Waals surface area contributed by atoms with Crippen molar-refractivity contribution in [2.75, 3.05) is 11.9 Å². The van der Waals surface area contributed by atoms with Crippen molar-refractivity contribution in [3.63, 3.8) is 0 Å². The van der Waals surface area contributed by atoms with E-state index in [0.29, 0.717) is 6.54 Å². The Morgan fingerprint density at radius 2 is 2.11 bits per heavy atom. The smallest absolute Gasteiger partial charge is 0.412 e. The summed E-state index contributed by atoms with van der Waals surface area (Å²) in [5.41, 5.74) is 6.89. The van der Waals surface area contributed by atoms with Crippen molar-refractivity contribution in [1.29, 1.82) is 0 Å². The molecule has 4 nitrogen and oxygen atoms in total. The molecule has 0 aromatic heterocycles. The van der Waals surface area contributed by atoms with Crippen LogP contribution >= 0.6 is 15.9 Å². The second kappa shape index (κ2) is 6.39. The van der Waals surface area contributed by atoms with Gasteiger partial charge in [-0.3, -0.25) is 5.32 Å². The first-order valence-electron chi connectivity index (χ1n) is 6.22. The number of carbonyl (C=O) groups is 1. The molecule has 19 heavy (non-hydrogen) atoms. The SMILES string of the molecule is CC(CN)c1ccc(Br)cc1NC(=O)OC(C)(C)C. The highest BCUT2D eigenvalue weighted by Crippen LogP contribution is 2.27. The summed E-state index contributed by atoms with van der Waals surface area (Å²) >= 11 is 3.40. The minimum Gasteiger partial charge on any atom is -0.444 e. The standard InChI is InChI=1S/C14H21BrN2O2/c1-9(8-16)11-6-5-10(15)7-12(11)17-13(18)19-14(2,3)4/h5-7,9H,8,16H2,1-4H3,(H,17,18). The Kier molecular flexibility index (Phi) is 5.38. The van der Waals surface area contributed by atoms with Gasteiger partial charge in [-0.1, -0.05) is 28.9 Å². The van der Waals surface area contributed by atoms with Gasteiger partial charge < -0.3 is 10.5 Å². The summed E-state index contributed by atoms with van der Waals surface area (Å²) in [6.07, 6.45) is -0.462. The fourth-order valence-corrected chi connectivity index (χ4v) is 1.97. The highest BCUT2D eigenvalue weighted by molar-refractivity contribution is 9.10. The number of halogens is 1. The Morgan fingerprint density at radius 3 is 2.63 bits per heavy atom. The van der Waals surface area contributed by atoms with Crippen LogP contribution in [0.1, 0.15) is 39.2 Å². The Morgan fingerprint density at radius 1 is 1.47 bits per heavy atom. The van der Waals surface area contributed by atoms with E-state index in [9.17, 15) is 4.79 Å². The summed E-state index contributed by atoms with van der Waals surface area (Å²) in [6, 6.07) is 5.74. The van der Waals surface area contributed by atoms with Gasteiger partial charge in [0, 0.05) is 10.2 Å². The summed E-state index contributed by atoms with van der Waals surface area (Å²) in [5.74, 6) is 0.165. The van der Waals surface area contributed by atoms with Gasteiger partial charge in [0.15, 0.2) is 0 Å². The Balaban J connectivity index is 2.93. The third-order valence-electron chi connectivity index (χ3n) is 2.54. The molecule has 0 bridgehead atoms. The summed E-state index contributed by atoms with van der Waals surface area (Å²) in [7, 11) is 0. The van der Waals surface area contributed by atoms with E-state index in [1.165, 1.54) is 0 Å². The molecule has 3 N–H and O–H groups in total. The lowest BCUT2D eigenvalue weighted by atomic mass is 9.99. The monoisotopic (exact) mass is 328 g/mol. The number of amides is 1. The van der Waals surface area contributed by atoms with Crippen LogP contribution in [0.5, 0.6) is 0 Å². The molecule has 1 amide bonds. The summed E-state index contributed by atoms with van der Waals surface area (Å²) < 4.78 is 6.15. The topological polar surface area (TPSA) is 64.3 Å². The highest BCUT2D eigenvalue weighted by atomic mass is 79.9. The maximum atomic E-state index is 11.8. The fourth-order valence-electron chi connectivity index (χ4n) is 1.61. The largest absolute Gasteiger partial charge is 0.444 e. The van der Waals surface area contributed by atoms with Crippen molar-refractivity contribution in [1.82, 2.24) is 0 Å². The van der Waals surface area contributed by atoms with Crippen molar-refractivity contribution in [3.8, 4) is 0 Å². The number of ether oxygens (including phenoxy) is 1. The van der Waals surface area contributed by atoms with Gasteiger partial charge in [-0.15, -0.1) is 0 Å². The van der Waals surface area contributed by atoms with E-state index in [1.807, 2.05) is 45.9 Å². The van der Waals surface area contributed by atoms with E-state index in [2.05, 4.69) is 21.2 Å². The Labute approximate surface area is 122 Å². The summed E-state index contributed by atoms with van der Waals surface area (Å²) in [5, 5.41) is 2.78. The van der Waals surface area contributed by atoms with Crippen molar-refractivity contribution in [3.05, 3.63) is 28.2 Å². The molecule has 0 fully saturated rings. The van der Waals surface area contributed by atoms with E-state index in [-0.39, 0.29) is 5.92 Å². The third kappa shape index (κ3) is 5.20. The lowest BCUT2D eigenvalue weighted by molar-refractivity contribution is 0.0636. The van der Waals surface area contributed by atoms with Gasteiger partial charge in [0.25, 0.3) is 0 Å². The van der Waals surface area contributed by atoms with Crippen molar-refractivity contribution in [2.45, 2.75) is 39.2 Å². The quantitative estimate of drug-likeness (QED) is 0.885. The number of rotatable bonds is 3. The van der Waals surface area contributed by atoms with Crippen LogP contribution < -0.4 is 11.1 Å². The van der Waals surface area contributed by atoms with Crippen molar-refractivity contribution < 1.29 is 9.53 Å². The molecule has 0 heterocycles. The molecule has 0 aliphatic heterocycles. The number of anilines is 1. The van der Waals surface area contributed by atoms with Crippen molar-refractivity contribution in [2.24, 2.45) is 5.73 Å². The van der Waals surface area contributed by atoms with Gasteiger partial charge in [-0.2, -0.15) is 0 Å². The highest BCUT2D eigenvalue weighted by Gasteiger charge is 2.18. The van der Waals surface area contributed by atoms with Crippen LogP contribution in [0.15, 0.2) is 22.7 Å². The third-order valence-corrected chi connectivity index (χ3v) is 3.03. The predicted molar refractivity (Wildman–Crippen MR) is 81.5 cm³/mol. The van der Waals surface area contributed by atoms with E-state index < -0.39 is 11.7 Å². The van der Waals surface area contributed by atoms with E-state index in [4.69, 9.17) is 10.5 Å². The second-order valence-corrected chi connectivity index (χ2v) is 6.41. The number of hydrogen-bond donors (Lipinski definition) is 2. The molecule has 1 aromatic rings. The number of nitrogens with two attached hydrogens (primary N) is 1. The molecule has 1 unspecified atom stereocenters. The van der Waals surface area contributed by atoms with Crippen LogP contribution in [0.2, 0.25) is 0 Å². The van der Waals surface area contributed by atoms with Gasteiger partial charge in [-0.25, -0.2) is 4.79 Å². The number of hydrogen-bond acceptors (Lipinski definition) is 3. The molecule has 106 valence electrons. The molecule has 0 aliphatic carbocycles. The van der Waals surface area contributed by atoms with Crippen LogP contribution in [0.3, 0.4) is 0 Å². The van der Waals surface area contributed by atoms with Gasteiger partial charge in [0.2, 0.25) is 0 Å². The summed E-state index contributed by atoms with van der Waals surface area (Å²) in [4.78, 5) is 11.8. The van der Waals surface area contributed by atoms with Gasteiger partial charge in [0.05, 0.1) is 0 Å². The molecule has 1 atom stereocenters. The molecular formula is C14H21BrN2O2. The van der Waals surface area contributed by atoms with Crippen LogP contribution in [0.4, 0.5) is 10.5 Å². The molecule has 1 aromatic carbocycles. The number of benzene rings is 1. The zero-order chi connectivity index (χ0) is 14.6. The zero-order valence-corrected chi connectivity index (χ0v) is 13.4. The molecular weight excluding hydrogens is 308 g/mol. The van der Waals surface area contributed by atoms with Gasteiger partial charge in [-0.05, 0) is 50.9 Å². The molecule has 5 heteroatoms. The molecule has 0 spiro atoms. The number of nitrogens with one attached hydrogen (secondary N) is 1. The van der Waals surface area contributed by atoms with Crippen LogP contribution in [-0.4, -0.2) is 18.2 Å². The fraction of sp³-hybridized carbons (Fsp3) is 0.500. The molecule has 0 saturated carbocycles. The first kappa shape index (κ1) is 16.0. The molecule has 1 rings (SSSR count). The van der Waals surface area contributed by atoms with Crippen molar-refractivity contribution >= 4 is 27.7 Å². The molecule has 0 aliphatic rings. The van der Waals surface area contributed by atoms with Gasteiger partial charge >= 0.3 is 6.09 Å². The first-order valence-corrected chi connectivity index (χ1v) is 7.01. The second-order valence-electron chi connectivity index (χ2n) is 5.50. The van der Waals surface area contributed by atoms with E-state index in [0.717, 1.165) is 15.7 Å². The van der Waals surface area contributed by atoms with Gasteiger partial charge in [0.1, 0.15) is 5.60 Å². The lowest BCUT2D eigenvalue weighted by Crippen LogP contribution is -2.27. The Bertz CT molecular complexity index is 455. The van der Waals surface area contributed by atoms with E-state index in [1.54, 1.807) is 0 Å². The molecule has 0 saturated heterocycles. The normalized spacial score (nSPS) is 12.9. The van der Waals surface area contributed by atoms with E-state index >= 15 is 0 Å². The maximum absolute atomic E-state index is 11.8. The zero-order valence-electron chi connectivity index (χ0n) is 11.8. The average Bonchev–Trinajstić information content (AvgIpc) is 2.25. The average molecular weight is 329 g/mol. The maximum Gasteiger partial charge on any atom is 0.412 e. The lowest BCUT2D eigenvalue weighted by Gasteiger charge is -2.21.